The maximum absolute atomic E-state index is 13.0. The standard InChI is InChI=1S/C19H24FN3O3S.ClH/c1-4-21-14(3)12-22-19(24)15-6-5-13(2)18(11-15)27(25,26)23-17-9-7-16(20)8-10-17;/h5-11,14,21,23H,4,12H2,1-3H3,(H,22,24);1H/t14-;/m1./s1. The van der Waals surface area contributed by atoms with Crippen LogP contribution in [0.4, 0.5) is 10.1 Å². The van der Waals surface area contributed by atoms with Gasteiger partial charge in [0.05, 0.1) is 4.90 Å². The Labute approximate surface area is 171 Å². The molecule has 0 aliphatic carbocycles. The number of benzene rings is 2. The van der Waals surface area contributed by atoms with Gasteiger partial charge in [0.2, 0.25) is 0 Å². The molecule has 0 aromatic heterocycles. The normalized spacial score (nSPS) is 12.0. The third kappa shape index (κ3) is 6.47. The van der Waals surface area contributed by atoms with Crippen LogP contribution in [-0.2, 0) is 10.0 Å². The van der Waals surface area contributed by atoms with E-state index in [4.69, 9.17) is 0 Å². The molecule has 0 saturated carbocycles. The quantitative estimate of drug-likeness (QED) is 0.601. The zero-order valence-electron chi connectivity index (χ0n) is 16.0. The molecule has 6 nitrogen and oxygen atoms in total. The van der Waals surface area contributed by atoms with E-state index >= 15 is 0 Å². The number of halogens is 2. The minimum atomic E-state index is -3.92. The molecule has 0 aliphatic heterocycles. The highest BCUT2D eigenvalue weighted by molar-refractivity contribution is 7.92. The van der Waals surface area contributed by atoms with Crippen LogP contribution in [0.3, 0.4) is 0 Å². The van der Waals surface area contributed by atoms with Crippen molar-refractivity contribution in [3.8, 4) is 0 Å². The summed E-state index contributed by atoms with van der Waals surface area (Å²) in [6.07, 6.45) is 0. The summed E-state index contributed by atoms with van der Waals surface area (Å²) >= 11 is 0. The molecule has 0 radical (unpaired) electrons. The third-order valence-corrected chi connectivity index (χ3v) is 5.48. The fourth-order valence-electron chi connectivity index (χ4n) is 2.53. The Hall–Kier alpha value is -2.16. The average Bonchev–Trinajstić information content (AvgIpc) is 2.62. The largest absolute Gasteiger partial charge is 0.350 e. The number of carbonyl (C=O) groups is 1. The second-order valence-electron chi connectivity index (χ2n) is 6.26. The molecular weight excluding hydrogens is 405 g/mol. The molecule has 0 heterocycles. The van der Waals surface area contributed by atoms with Crippen LogP contribution >= 0.6 is 12.4 Å². The van der Waals surface area contributed by atoms with E-state index in [1.54, 1.807) is 19.1 Å². The van der Waals surface area contributed by atoms with Gasteiger partial charge in [0.15, 0.2) is 0 Å². The van der Waals surface area contributed by atoms with Crippen LogP contribution < -0.4 is 15.4 Å². The summed E-state index contributed by atoms with van der Waals surface area (Å²) in [5.74, 6) is -0.808. The number of rotatable bonds is 8. The molecule has 3 N–H and O–H groups in total. The van der Waals surface area contributed by atoms with Crippen LogP contribution in [0.5, 0.6) is 0 Å². The first-order valence-electron chi connectivity index (χ1n) is 8.63. The molecule has 0 aliphatic rings. The van der Waals surface area contributed by atoms with Gasteiger partial charge in [-0.15, -0.1) is 12.4 Å². The number of nitrogens with one attached hydrogen (secondary N) is 3. The van der Waals surface area contributed by atoms with Gasteiger partial charge >= 0.3 is 0 Å². The third-order valence-electron chi connectivity index (χ3n) is 3.96. The van der Waals surface area contributed by atoms with Crippen LogP contribution in [0.15, 0.2) is 47.4 Å². The van der Waals surface area contributed by atoms with Crippen molar-refractivity contribution in [2.75, 3.05) is 17.8 Å². The molecule has 1 amide bonds. The van der Waals surface area contributed by atoms with E-state index < -0.39 is 15.8 Å². The number of amides is 1. The first kappa shape index (κ1) is 23.9. The van der Waals surface area contributed by atoms with Crippen LogP contribution in [-0.4, -0.2) is 33.5 Å². The van der Waals surface area contributed by atoms with Crippen molar-refractivity contribution in [3.63, 3.8) is 0 Å². The lowest BCUT2D eigenvalue weighted by Crippen LogP contribution is -2.38. The second kappa shape index (κ2) is 10.4. The molecule has 28 heavy (non-hydrogen) atoms. The van der Waals surface area contributed by atoms with Gasteiger partial charge in [0.1, 0.15) is 5.82 Å². The lowest BCUT2D eigenvalue weighted by Gasteiger charge is -2.14. The summed E-state index contributed by atoms with van der Waals surface area (Å²) < 4.78 is 40.8. The predicted molar refractivity (Wildman–Crippen MR) is 111 cm³/mol. The molecule has 2 rings (SSSR count). The van der Waals surface area contributed by atoms with Crippen molar-refractivity contribution in [1.82, 2.24) is 10.6 Å². The van der Waals surface area contributed by atoms with Crippen molar-refractivity contribution in [2.24, 2.45) is 0 Å². The Kier molecular flexibility index (Phi) is 8.87. The molecule has 2 aromatic carbocycles. The molecule has 0 saturated heterocycles. The number of likely N-dealkylation sites (N-methyl/N-ethyl adjacent to an activating group) is 1. The van der Waals surface area contributed by atoms with Crippen molar-refractivity contribution in [1.29, 1.82) is 0 Å². The lowest BCUT2D eigenvalue weighted by atomic mass is 10.1. The Morgan fingerprint density at radius 3 is 2.39 bits per heavy atom. The van der Waals surface area contributed by atoms with Crippen molar-refractivity contribution in [3.05, 3.63) is 59.4 Å². The van der Waals surface area contributed by atoms with Crippen molar-refractivity contribution in [2.45, 2.75) is 31.7 Å². The van der Waals surface area contributed by atoms with Gasteiger partial charge in [-0.3, -0.25) is 9.52 Å². The van der Waals surface area contributed by atoms with Gasteiger partial charge in [-0.25, -0.2) is 12.8 Å². The van der Waals surface area contributed by atoms with Crippen LogP contribution in [0, 0.1) is 12.7 Å². The highest BCUT2D eigenvalue weighted by Gasteiger charge is 2.19. The molecule has 9 heteroatoms. The fourth-order valence-corrected chi connectivity index (χ4v) is 3.86. The first-order chi connectivity index (χ1) is 12.7. The molecule has 154 valence electrons. The summed E-state index contributed by atoms with van der Waals surface area (Å²) in [6, 6.07) is 9.62. The van der Waals surface area contributed by atoms with Gasteiger partial charge in [0, 0.05) is 23.8 Å². The summed E-state index contributed by atoms with van der Waals surface area (Å²) in [5.41, 5.74) is 0.996. The van der Waals surface area contributed by atoms with E-state index in [1.165, 1.54) is 30.3 Å². The van der Waals surface area contributed by atoms with Gasteiger partial charge in [-0.05, 0) is 62.4 Å². The minimum absolute atomic E-state index is 0. The minimum Gasteiger partial charge on any atom is -0.350 e. The van der Waals surface area contributed by atoms with E-state index in [9.17, 15) is 17.6 Å². The monoisotopic (exact) mass is 429 g/mol. The number of anilines is 1. The lowest BCUT2D eigenvalue weighted by molar-refractivity contribution is 0.0950. The Morgan fingerprint density at radius 1 is 1.14 bits per heavy atom. The summed E-state index contributed by atoms with van der Waals surface area (Å²) in [7, 11) is -3.92. The smallest absolute Gasteiger partial charge is 0.262 e. The molecule has 0 bridgehead atoms. The highest BCUT2D eigenvalue weighted by Crippen LogP contribution is 2.21. The number of sulfonamides is 1. The van der Waals surface area contributed by atoms with Gasteiger partial charge < -0.3 is 10.6 Å². The number of hydrogen-bond donors (Lipinski definition) is 3. The average molecular weight is 430 g/mol. The number of hydrogen-bond acceptors (Lipinski definition) is 4. The van der Waals surface area contributed by atoms with E-state index in [2.05, 4.69) is 15.4 Å². The summed E-state index contributed by atoms with van der Waals surface area (Å²) in [5, 5.41) is 5.96. The van der Waals surface area contributed by atoms with Gasteiger partial charge in [0.25, 0.3) is 15.9 Å². The van der Waals surface area contributed by atoms with Crippen molar-refractivity contribution < 1.29 is 17.6 Å². The van der Waals surface area contributed by atoms with Gasteiger partial charge in [-0.1, -0.05) is 13.0 Å². The maximum atomic E-state index is 13.0. The van der Waals surface area contributed by atoms with Crippen LogP contribution in [0.2, 0.25) is 0 Å². The summed E-state index contributed by atoms with van der Waals surface area (Å²) in [4.78, 5) is 12.3. The predicted octanol–water partition coefficient (Wildman–Crippen LogP) is 3.08. The topological polar surface area (TPSA) is 87.3 Å². The van der Waals surface area contributed by atoms with Gasteiger partial charge in [-0.2, -0.15) is 0 Å². The Morgan fingerprint density at radius 2 is 1.79 bits per heavy atom. The van der Waals surface area contributed by atoms with Crippen molar-refractivity contribution >= 4 is 34.0 Å². The summed E-state index contributed by atoms with van der Waals surface area (Å²) in [6.45, 7) is 6.79. The first-order valence-corrected chi connectivity index (χ1v) is 10.1. The number of aryl methyl sites for hydroxylation is 1. The highest BCUT2D eigenvalue weighted by atomic mass is 35.5. The zero-order valence-corrected chi connectivity index (χ0v) is 17.6. The van der Waals surface area contributed by atoms with E-state index in [0.29, 0.717) is 12.1 Å². The molecule has 2 aromatic rings. The maximum Gasteiger partial charge on any atom is 0.262 e. The van der Waals surface area contributed by atoms with E-state index in [-0.39, 0.29) is 40.5 Å². The molecule has 0 unspecified atom stereocenters. The molecule has 0 fully saturated rings. The van der Waals surface area contributed by atoms with E-state index in [1.807, 2.05) is 13.8 Å². The van der Waals surface area contributed by atoms with E-state index in [0.717, 1.165) is 6.54 Å². The van der Waals surface area contributed by atoms with Crippen LogP contribution in [0.25, 0.3) is 0 Å². The second-order valence-corrected chi connectivity index (χ2v) is 7.91. The molecule has 0 spiro atoms. The zero-order chi connectivity index (χ0) is 20.0. The fraction of sp³-hybridized carbons (Fsp3) is 0.316. The SMILES string of the molecule is CCN[C@H](C)CNC(=O)c1ccc(C)c(S(=O)(=O)Nc2ccc(F)cc2)c1.Cl. The Balaban J connectivity index is 0.00000392. The molecular formula is C19H25ClFN3O3S. The number of carbonyl (C=O) groups excluding carboxylic acids is 1. The molecule has 1 atom stereocenters. The Bertz CT molecular complexity index is 905. The van der Waals surface area contributed by atoms with Crippen LogP contribution in [0.1, 0.15) is 29.8 Å².